The van der Waals surface area contributed by atoms with Crippen molar-refractivity contribution >= 4 is 17.5 Å². The van der Waals surface area contributed by atoms with Gasteiger partial charge in [-0.15, -0.1) is 12.6 Å². The minimum atomic E-state index is 0.966. The number of hydrogen-bond acceptors (Lipinski definition) is 2. The van der Waals surface area contributed by atoms with Gasteiger partial charge in [0.15, 0.2) is 0 Å². The van der Waals surface area contributed by atoms with Gasteiger partial charge in [-0.3, -0.25) is 4.68 Å². The van der Waals surface area contributed by atoms with Crippen LogP contribution in [0.5, 0.6) is 0 Å². The van der Waals surface area contributed by atoms with Gasteiger partial charge in [-0.05, 0) is 6.92 Å². The Balaban J connectivity index is 2.95. The lowest BCUT2D eigenvalue weighted by atomic mass is 10.3. The number of rotatable bonds is 1. The lowest BCUT2D eigenvalue weighted by Gasteiger charge is -1.89. The molecule has 0 bridgehead atoms. The molecule has 0 fully saturated rings. The van der Waals surface area contributed by atoms with Crippen LogP contribution in [0, 0.1) is 0 Å². The Hall–Kier alpha value is -0.700. The van der Waals surface area contributed by atoms with Gasteiger partial charge < -0.3 is 0 Å². The predicted molar refractivity (Wildman–Crippen MR) is 45.8 cm³/mol. The van der Waals surface area contributed by atoms with E-state index in [0.29, 0.717) is 0 Å². The highest BCUT2D eigenvalue weighted by Crippen LogP contribution is 2.15. The molecule has 0 aromatic carbocycles. The Bertz CT molecular complexity index is 250. The van der Waals surface area contributed by atoms with Crippen molar-refractivity contribution in [1.29, 1.82) is 0 Å². The topological polar surface area (TPSA) is 17.8 Å². The molecule has 0 atom stereocenters. The van der Waals surface area contributed by atoms with Crippen molar-refractivity contribution in [3.8, 4) is 0 Å². The maximum absolute atomic E-state index is 4.24. The second-order valence-corrected chi connectivity index (χ2v) is 2.56. The van der Waals surface area contributed by atoms with Gasteiger partial charge in [0.2, 0.25) is 0 Å². The second kappa shape index (κ2) is 2.92. The van der Waals surface area contributed by atoms with Crippen LogP contribution in [0.25, 0.3) is 4.91 Å². The predicted octanol–water partition coefficient (Wildman–Crippen LogP) is 1.71. The SMILES string of the molecule is C/C=C(\S)c1cnn(C)c1. The van der Waals surface area contributed by atoms with E-state index in [2.05, 4.69) is 17.7 Å². The zero-order valence-corrected chi connectivity index (χ0v) is 6.97. The van der Waals surface area contributed by atoms with E-state index in [1.807, 2.05) is 26.2 Å². The molecule has 10 heavy (non-hydrogen) atoms. The van der Waals surface area contributed by atoms with Gasteiger partial charge in [0.25, 0.3) is 0 Å². The van der Waals surface area contributed by atoms with E-state index in [-0.39, 0.29) is 0 Å². The molecule has 0 aliphatic carbocycles. The van der Waals surface area contributed by atoms with Crippen LogP contribution < -0.4 is 0 Å². The second-order valence-electron chi connectivity index (χ2n) is 2.08. The van der Waals surface area contributed by atoms with Crippen molar-refractivity contribution in [1.82, 2.24) is 9.78 Å². The smallest absolute Gasteiger partial charge is 0.0573 e. The number of hydrogen-bond donors (Lipinski definition) is 1. The monoisotopic (exact) mass is 154 g/mol. The fourth-order valence-electron chi connectivity index (χ4n) is 0.720. The van der Waals surface area contributed by atoms with Crippen LogP contribution in [-0.4, -0.2) is 9.78 Å². The van der Waals surface area contributed by atoms with Crippen LogP contribution in [0.1, 0.15) is 12.5 Å². The Morgan fingerprint density at radius 1 is 1.80 bits per heavy atom. The van der Waals surface area contributed by atoms with Gasteiger partial charge in [-0.1, -0.05) is 6.08 Å². The summed E-state index contributed by atoms with van der Waals surface area (Å²) in [4.78, 5) is 0.966. The van der Waals surface area contributed by atoms with Gasteiger partial charge in [0.1, 0.15) is 0 Å². The van der Waals surface area contributed by atoms with E-state index >= 15 is 0 Å². The molecule has 0 unspecified atom stereocenters. The lowest BCUT2D eigenvalue weighted by molar-refractivity contribution is 0.767. The third-order valence-electron chi connectivity index (χ3n) is 1.27. The van der Waals surface area contributed by atoms with Crippen molar-refractivity contribution in [2.45, 2.75) is 6.92 Å². The summed E-state index contributed by atoms with van der Waals surface area (Å²) in [6.07, 6.45) is 5.67. The van der Waals surface area contributed by atoms with Crippen LogP contribution in [0.2, 0.25) is 0 Å². The average molecular weight is 154 g/mol. The number of aryl methyl sites for hydroxylation is 1. The van der Waals surface area contributed by atoms with E-state index in [1.165, 1.54) is 0 Å². The Morgan fingerprint density at radius 2 is 2.50 bits per heavy atom. The first-order chi connectivity index (χ1) is 4.74. The van der Waals surface area contributed by atoms with Crippen molar-refractivity contribution in [2.75, 3.05) is 0 Å². The van der Waals surface area contributed by atoms with Crippen LogP contribution in [0.15, 0.2) is 18.5 Å². The molecule has 0 aliphatic heterocycles. The van der Waals surface area contributed by atoms with Crippen LogP contribution in [-0.2, 0) is 7.05 Å². The van der Waals surface area contributed by atoms with E-state index < -0.39 is 0 Å². The zero-order valence-electron chi connectivity index (χ0n) is 6.07. The number of aromatic nitrogens is 2. The number of thiol groups is 1. The molecule has 1 aromatic rings. The average Bonchev–Trinajstić information content (AvgIpc) is 2.34. The molecule has 54 valence electrons. The van der Waals surface area contributed by atoms with E-state index in [1.54, 1.807) is 10.9 Å². The Morgan fingerprint density at radius 3 is 2.90 bits per heavy atom. The summed E-state index contributed by atoms with van der Waals surface area (Å²) in [5.41, 5.74) is 1.06. The standard InChI is InChI=1S/C7H10N2S/c1-3-7(10)6-4-8-9(2)5-6/h3-5,10H,1-2H3/b7-3-. The fraction of sp³-hybridized carbons (Fsp3) is 0.286. The molecule has 1 heterocycles. The summed E-state index contributed by atoms with van der Waals surface area (Å²) >= 11 is 4.24. The van der Waals surface area contributed by atoms with Crippen LogP contribution >= 0.6 is 12.6 Å². The molecule has 0 aliphatic rings. The minimum absolute atomic E-state index is 0.966. The highest BCUT2D eigenvalue weighted by atomic mass is 32.1. The zero-order chi connectivity index (χ0) is 7.56. The third-order valence-corrected chi connectivity index (χ3v) is 1.79. The highest BCUT2D eigenvalue weighted by Gasteiger charge is 1.95. The molecule has 1 aromatic heterocycles. The van der Waals surface area contributed by atoms with Gasteiger partial charge >= 0.3 is 0 Å². The van der Waals surface area contributed by atoms with E-state index in [4.69, 9.17) is 0 Å². The van der Waals surface area contributed by atoms with Crippen molar-refractivity contribution in [3.05, 3.63) is 24.0 Å². The Kier molecular flexibility index (Phi) is 2.17. The summed E-state index contributed by atoms with van der Waals surface area (Å²) in [5, 5.41) is 4.01. The summed E-state index contributed by atoms with van der Waals surface area (Å²) in [6.45, 7) is 1.95. The molecule has 0 saturated carbocycles. The minimum Gasteiger partial charge on any atom is -0.275 e. The van der Waals surface area contributed by atoms with Crippen LogP contribution in [0.4, 0.5) is 0 Å². The number of allylic oxidation sites excluding steroid dienone is 1. The van der Waals surface area contributed by atoms with Crippen molar-refractivity contribution < 1.29 is 0 Å². The summed E-state index contributed by atoms with van der Waals surface area (Å²) in [6, 6.07) is 0. The molecule has 0 saturated heterocycles. The van der Waals surface area contributed by atoms with Crippen LogP contribution in [0.3, 0.4) is 0 Å². The van der Waals surface area contributed by atoms with Crippen molar-refractivity contribution in [3.63, 3.8) is 0 Å². The molecule has 0 radical (unpaired) electrons. The fourth-order valence-corrected chi connectivity index (χ4v) is 0.836. The normalized spacial score (nSPS) is 12.1. The van der Waals surface area contributed by atoms with Gasteiger partial charge in [-0.25, -0.2) is 0 Å². The third kappa shape index (κ3) is 1.42. The molecule has 1 rings (SSSR count). The maximum atomic E-state index is 4.24. The van der Waals surface area contributed by atoms with E-state index in [9.17, 15) is 0 Å². The highest BCUT2D eigenvalue weighted by molar-refractivity contribution is 7.90. The molecule has 0 amide bonds. The summed E-state index contributed by atoms with van der Waals surface area (Å²) < 4.78 is 1.76. The quantitative estimate of drug-likeness (QED) is 0.610. The largest absolute Gasteiger partial charge is 0.275 e. The van der Waals surface area contributed by atoms with Crippen molar-refractivity contribution in [2.24, 2.45) is 7.05 Å². The molecule has 2 nitrogen and oxygen atoms in total. The first-order valence-electron chi connectivity index (χ1n) is 3.08. The maximum Gasteiger partial charge on any atom is 0.0573 e. The van der Waals surface area contributed by atoms with Gasteiger partial charge in [0.05, 0.1) is 6.20 Å². The first-order valence-corrected chi connectivity index (χ1v) is 3.53. The molecular formula is C7H10N2S. The van der Waals surface area contributed by atoms with Gasteiger partial charge in [0, 0.05) is 23.7 Å². The molecular weight excluding hydrogens is 144 g/mol. The Labute approximate surface area is 66.0 Å². The van der Waals surface area contributed by atoms with Gasteiger partial charge in [-0.2, -0.15) is 5.10 Å². The van der Waals surface area contributed by atoms with E-state index in [0.717, 1.165) is 10.5 Å². The first kappa shape index (κ1) is 7.41. The molecule has 3 heteroatoms. The lowest BCUT2D eigenvalue weighted by Crippen LogP contribution is -1.84. The summed E-state index contributed by atoms with van der Waals surface area (Å²) in [7, 11) is 1.89. The molecule has 0 N–H and O–H groups in total. The summed E-state index contributed by atoms with van der Waals surface area (Å²) in [5.74, 6) is 0. The molecule has 0 spiro atoms. The number of nitrogens with zero attached hydrogens (tertiary/aromatic N) is 2.